The van der Waals surface area contributed by atoms with Gasteiger partial charge in [-0.1, -0.05) is 13.0 Å². The summed E-state index contributed by atoms with van der Waals surface area (Å²) >= 11 is 0. The van der Waals surface area contributed by atoms with Gasteiger partial charge in [-0.25, -0.2) is 4.98 Å². The number of carbonyl (C=O) groups excluding carboxylic acids is 2. The van der Waals surface area contributed by atoms with Crippen LogP contribution in [0.2, 0.25) is 0 Å². The van der Waals surface area contributed by atoms with Crippen molar-refractivity contribution in [1.29, 1.82) is 0 Å². The Morgan fingerprint density at radius 1 is 1.20 bits per heavy atom. The summed E-state index contributed by atoms with van der Waals surface area (Å²) in [4.78, 5) is 38.5. The molecule has 0 aromatic carbocycles. The van der Waals surface area contributed by atoms with Crippen molar-refractivity contribution in [3.8, 4) is 0 Å². The third kappa shape index (κ3) is 5.63. The fraction of sp³-hybridized carbons (Fsp3) is 0.389. The van der Waals surface area contributed by atoms with Crippen LogP contribution in [0.5, 0.6) is 0 Å². The lowest BCUT2D eigenvalue weighted by molar-refractivity contribution is -0.121. The minimum atomic E-state index is -0.208. The Balaban J connectivity index is 1.91. The van der Waals surface area contributed by atoms with Crippen LogP contribution in [0.3, 0.4) is 0 Å². The van der Waals surface area contributed by atoms with Crippen LogP contribution < -0.4 is 5.32 Å². The maximum atomic E-state index is 12.6. The highest BCUT2D eigenvalue weighted by Crippen LogP contribution is 2.09. The number of carbonyl (C=O) groups is 2. The third-order valence-electron chi connectivity index (χ3n) is 3.94. The van der Waals surface area contributed by atoms with Gasteiger partial charge in [0.25, 0.3) is 5.91 Å². The third-order valence-corrected chi connectivity index (χ3v) is 3.94. The van der Waals surface area contributed by atoms with Crippen LogP contribution in [0.4, 0.5) is 0 Å². The zero-order valence-electron chi connectivity index (χ0n) is 14.6. The van der Waals surface area contributed by atoms with E-state index >= 15 is 0 Å². The minimum Gasteiger partial charge on any atom is -0.350 e. The molecule has 2 amide bonds. The van der Waals surface area contributed by atoms with E-state index in [1.54, 1.807) is 11.1 Å². The molecule has 1 N–H and O–H groups in total. The quantitative estimate of drug-likeness (QED) is 0.791. The molecule has 2 aromatic rings. The number of aromatic nitrogens is 3. The van der Waals surface area contributed by atoms with E-state index in [-0.39, 0.29) is 30.0 Å². The highest BCUT2D eigenvalue weighted by atomic mass is 16.2. The number of hydrogen-bond acceptors (Lipinski definition) is 5. The van der Waals surface area contributed by atoms with Gasteiger partial charge in [-0.05, 0) is 25.5 Å². The number of rotatable bonds is 8. The number of pyridine rings is 1. The molecule has 7 heteroatoms. The summed E-state index contributed by atoms with van der Waals surface area (Å²) in [6.07, 6.45) is 7.16. The Bertz CT molecular complexity index is 678. The van der Waals surface area contributed by atoms with E-state index in [1.807, 2.05) is 32.0 Å². The molecule has 1 atom stereocenters. The summed E-state index contributed by atoms with van der Waals surface area (Å²) in [6.45, 7) is 4.67. The Hall–Kier alpha value is -2.83. The average molecular weight is 341 g/mol. The molecular weight excluding hydrogens is 318 g/mol. The Labute approximate surface area is 147 Å². The van der Waals surface area contributed by atoms with Crippen LogP contribution >= 0.6 is 0 Å². The molecule has 0 aliphatic rings. The van der Waals surface area contributed by atoms with Gasteiger partial charge in [0.1, 0.15) is 5.69 Å². The molecule has 0 saturated heterocycles. The topological polar surface area (TPSA) is 88.1 Å². The van der Waals surface area contributed by atoms with Gasteiger partial charge in [0.15, 0.2) is 0 Å². The van der Waals surface area contributed by atoms with Gasteiger partial charge in [0.05, 0.1) is 18.4 Å². The lowest BCUT2D eigenvalue weighted by atomic mass is 10.2. The van der Waals surface area contributed by atoms with E-state index in [4.69, 9.17) is 0 Å². The SMILES string of the molecule is CC[C@@H](C)N(CCC(=O)NCc1ccccn1)C(=O)c1cnccn1. The summed E-state index contributed by atoms with van der Waals surface area (Å²) in [6, 6.07) is 5.56. The summed E-state index contributed by atoms with van der Waals surface area (Å²) in [7, 11) is 0. The molecule has 25 heavy (non-hydrogen) atoms. The van der Waals surface area contributed by atoms with Crippen LogP contribution in [0.1, 0.15) is 42.9 Å². The first kappa shape index (κ1) is 18.5. The van der Waals surface area contributed by atoms with Crippen LogP contribution in [-0.4, -0.2) is 44.3 Å². The van der Waals surface area contributed by atoms with E-state index in [0.717, 1.165) is 12.1 Å². The standard InChI is InChI=1S/C18H23N5O2/c1-3-14(2)23(18(25)16-13-19-9-10-21-16)11-7-17(24)22-12-15-6-4-5-8-20-15/h4-6,8-10,13-14H,3,7,11-12H2,1-2H3,(H,22,24)/t14-/m1/s1. The number of nitrogens with one attached hydrogen (secondary N) is 1. The van der Waals surface area contributed by atoms with Crippen LogP contribution in [0, 0.1) is 0 Å². The molecule has 2 heterocycles. The molecule has 0 bridgehead atoms. The molecule has 0 aliphatic heterocycles. The molecule has 0 fully saturated rings. The van der Waals surface area contributed by atoms with E-state index in [9.17, 15) is 9.59 Å². The van der Waals surface area contributed by atoms with E-state index in [0.29, 0.717) is 13.1 Å². The zero-order chi connectivity index (χ0) is 18.1. The van der Waals surface area contributed by atoms with Crippen molar-refractivity contribution < 1.29 is 9.59 Å². The number of amides is 2. The van der Waals surface area contributed by atoms with Gasteiger partial charge >= 0.3 is 0 Å². The van der Waals surface area contributed by atoms with Crippen LogP contribution in [-0.2, 0) is 11.3 Å². The molecule has 0 aliphatic carbocycles. The molecule has 2 aromatic heterocycles. The lowest BCUT2D eigenvalue weighted by Crippen LogP contribution is -2.41. The maximum absolute atomic E-state index is 12.6. The molecule has 0 spiro atoms. The maximum Gasteiger partial charge on any atom is 0.274 e. The molecule has 132 valence electrons. The van der Waals surface area contributed by atoms with E-state index in [2.05, 4.69) is 20.3 Å². The molecule has 0 unspecified atom stereocenters. The summed E-state index contributed by atoms with van der Waals surface area (Å²) in [5.74, 6) is -0.328. The molecule has 7 nitrogen and oxygen atoms in total. The van der Waals surface area contributed by atoms with Crippen LogP contribution in [0.15, 0.2) is 43.0 Å². The van der Waals surface area contributed by atoms with E-state index in [1.165, 1.54) is 18.6 Å². The second-order valence-corrected chi connectivity index (χ2v) is 5.69. The smallest absolute Gasteiger partial charge is 0.274 e. The van der Waals surface area contributed by atoms with E-state index < -0.39 is 0 Å². The van der Waals surface area contributed by atoms with Crippen molar-refractivity contribution in [3.63, 3.8) is 0 Å². The van der Waals surface area contributed by atoms with Gasteiger partial charge in [-0.3, -0.25) is 19.6 Å². The Morgan fingerprint density at radius 3 is 2.68 bits per heavy atom. The van der Waals surface area contributed by atoms with Gasteiger partial charge in [0, 0.05) is 37.6 Å². The first-order chi connectivity index (χ1) is 12.1. The summed E-state index contributed by atoms with van der Waals surface area (Å²) < 4.78 is 0. The van der Waals surface area contributed by atoms with Gasteiger partial charge in [0.2, 0.25) is 5.91 Å². The van der Waals surface area contributed by atoms with Gasteiger partial charge in [-0.15, -0.1) is 0 Å². The van der Waals surface area contributed by atoms with Crippen molar-refractivity contribution in [1.82, 2.24) is 25.2 Å². The summed E-state index contributed by atoms with van der Waals surface area (Å²) in [5.41, 5.74) is 1.09. The largest absolute Gasteiger partial charge is 0.350 e. The molecule has 0 radical (unpaired) electrons. The first-order valence-corrected chi connectivity index (χ1v) is 8.35. The lowest BCUT2D eigenvalue weighted by Gasteiger charge is -2.28. The number of hydrogen-bond donors (Lipinski definition) is 1. The zero-order valence-corrected chi connectivity index (χ0v) is 14.6. The molecule has 0 saturated carbocycles. The monoisotopic (exact) mass is 341 g/mol. The van der Waals surface area contributed by atoms with Crippen molar-refractivity contribution >= 4 is 11.8 Å². The number of nitrogens with zero attached hydrogens (tertiary/aromatic N) is 4. The predicted octanol–water partition coefficient (Wildman–Crippen LogP) is 1.82. The van der Waals surface area contributed by atoms with Crippen molar-refractivity contribution in [2.24, 2.45) is 0 Å². The minimum absolute atomic E-state index is 0.0121. The highest BCUT2D eigenvalue weighted by molar-refractivity contribution is 5.92. The second-order valence-electron chi connectivity index (χ2n) is 5.69. The second kappa shape index (κ2) is 9.46. The Kier molecular flexibility index (Phi) is 7.00. The summed E-state index contributed by atoms with van der Waals surface area (Å²) in [5, 5.41) is 2.82. The Morgan fingerprint density at radius 2 is 2.04 bits per heavy atom. The van der Waals surface area contributed by atoms with Crippen molar-refractivity contribution in [3.05, 3.63) is 54.4 Å². The van der Waals surface area contributed by atoms with Crippen molar-refractivity contribution in [2.75, 3.05) is 6.54 Å². The normalized spacial score (nSPS) is 11.6. The van der Waals surface area contributed by atoms with Crippen molar-refractivity contribution in [2.45, 2.75) is 39.3 Å². The molecular formula is C18H23N5O2. The fourth-order valence-electron chi connectivity index (χ4n) is 2.30. The van der Waals surface area contributed by atoms with Gasteiger partial charge in [-0.2, -0.15) is 0 Å². The predicted molar refractivity (Wildman–Crippen MR) is 93.5 cm³/mol. The van der Waals surface area contributed by atoms with Crippen LogP contribution in [0.25, 0.3) is 0 Å². The fourth-order valence-corrected chi connectivity index (χ4v) is 2.30. The average Bonchev–Trinajstić information content (AvgIpc) is 2.67. The van der Waals surface area contributed by atoms with Gasteiger partial charge < -0.3 is 10.2 Å². The molecule has 2 rings (SSSR count). The first-order valence-electron chi connectivity index (χ1n) is 8.35. The highest BCUT2D eigenvalue weighted by Gasteiger charge is 2.22.